The van der Waals surface area contributed by atoms with E-state index >= 15 is 0 Å². The van der Waals surface area contributed by atoms with Crippen LogP contribution >= 0.6 is 12.6 Å². The Labute approximate surface area is 129 Å². The van der Waals surface area contributed by atoms with Gasteiger partial charge in [-0.15, -0.1) is 12.6 Å². The highest BCUT2D eigenvalue weighted by Gasteiger charge is 2.18. The van der Waals surface area contributed by atoms with Crippen LogP contribution in [0.4, 0.5) is 5.82 Å². The SMILES string of the molecule is CCCc1ccc(-c2c(C#N)c(N)nc(S)c2C#N)cc1. The summed E-state index contributed by atoms with van der Waals surface area (Å²) >= 11 is 4.18. The smallest absolute Gasteiger partial charge is 0.143 e. The van der Waals surface area contributed by atoms with Crippen molar-refractivity contribution in [3.8, 4) is 23.3 Å². The fraction of sp³-hybridized carbons (Fsp3) is 0.188. The Morgan fingerprint density at radius 2 is 1.76 bits per heavy atom. The number of thiol groups is 1. The van der Waals surface area contributed by atoms with Crippen molar-refractivity contribution in [2.75, 3.05) is 5.73 Å². The van der Waals surface area contributed by atoms with Gasteiger partial charge in [-0.25, -0.2) is 4.98 Å². The van der Waals surface area contributed by atoms with Crippen LogP contribution in [0.3, 0.4) is 0 Å². The normalized spacial score (nSPS) is 9.90. The number of pyridine rings is 1. The maximum absolute atomic E-state index is 9.32. The lowest BCUT2D eigenvalue weighted by Crippen LogP contribution is -2.02. The molecule has 0 aliphatic heterocycles. The summed E-state index contributed by atoms with van der Waals surface area (Å²) in [5.74, 6) is 0.0918. The van der Waals surface area contributed by atoms with E-state index in [9.17, 15) is 10.5 Å². The van der Waals surface area contributed by atoms with Gasteiger partial charge in [-0.1, -0.05) is 37.6 Å². The van der Waals surface area contributed by atoms with Crippen molar-refractivity contribution < 1.29 is 0 Å². The highest BCUT2D eigenvalue weighted by Crippen LogP contribution is 2.33. The Morgan fingerprint density at radius 1 is 1.14 bits per heavy atom. The highest BCUT2D eigenvalue weighted by molar-refractivity contribution is 7.80. The lowest BCUT2D eigenvalue weighted by molar-refractivity contribution is 0.922. The van der Waals surface area contributed by atoms with Crippen molar-refractivity contribution in [2.45, 2.75) is 24.8 Å². The molecule has 1 aromatic carbocycles. The molecule has 0 amide bonds. The van der Waals surface area contributed by atoms with Crippen LogP contribution in [-0.4, -0.2) is 4.98 Å². The highest BCUT2D eigenvalue weighted by atomic mass is 32.1. The summed E-state index contributed by atoms with van der Waals surface area (Å²) in [6.07, 6.45) is 2.06. The maximum atomic E-state index is 9.32. The number of anilines is 1. The number of rotatable bonds is 3. The number of nitrogens with two attached hydrogens (primary N) is 1. The molecule has 0 spiro atoms. The van der Waals surface area contributed by atoms with Crippen molar-refractivity contribution in [2.24, 2.45) is 0 Å². The molecule has 1 aromatic heterocycles. The number of nitrogens with zero attached hydrogens (tertiary/aromatic N) is 3. The Hall–Kier alpha value is -2.50. The van der Waals surface area contributed by atoms with Crippen LogP contribution in [0, 0.1) is 22.7 Å². The number of aryl methyl sites for hydroxylation is 1. The van der Waals surface area contributed by atoms with Crippen LogP contribution in [0.15, 0.2) is 29.3 Å². The molecular formula is C16H14N4S. The summed E-state index contributed by atoms with van der Waals surface area (Å²) in [4.78, 5) is 3.95. The second-order valence-corrected chi connectivity index (χ2v) is 5.04. The maximum Gasteiger partial charge on any atom is 0.143 e. The van der Waals surface area contributed by atoms with Crippen molar-refractivity contribution in [1.29, 1.82) is 10.5 Å². The Morgan fingerprint density at radius 3 is 2.29 bits per heavy atom. The van der Waals surface area contributed by atoms with E-state index in [2.05, 4.69) is 30.6 Å². The molecule has 0 atom stereocenters. The van der Waals surface area contributed by atoms with Crippen LogP contribution < -0.4 is 5.73 Å². The Kier molecular flexibility index (Phi) is 4.47. The zero-order valence-electron chi connectivity index (χ0n) is 11.6. The van der Waals surface area contributed by atoms with E-state index in [0.29, 0.717) is 5.56 Å². The first kappa shape index (κ1) is 14.9. The number of aromatic nitrogens is 1. The van der Waals surface area contributed by atoms with Crippen LogP contribution in [0.25, 0.3) is 11.1 Å². The third-order valence-electron chi connectivity index (χ3n) is 3.21. The number of hydrogen-bond acceptors (Lipinski definition) is 5. The minimum atomic E-state index is 0.0918. The third-order valence-corrected chi connectivity index (χ3v) is 3.53. The molecule has 0 saturated heterocycles. The molecule has 104 valence electrons. The van der Waals surface area contributed by atoms with Gasteiger partial charge in [-0.3, -0.25) is 0 Å². The molecular weight excluding hydrogens is 280 g/mol. The molecule has 0 aliphatic carbocycles. The van der Waals surface area contributed by atoms with Gasteiger partial charge in [0.2, 0.25) is 0 Å². The van der Waals surface area contributed by atoms with Gasteiger partial charge in [0.05, 0.1) is 5.56 Å². The fourth-order valence-electron chi connectivity index (χ4n) is 2.23. The zero-order chi connectivity index (χ0) is 15.4. The summed E-state index contributed by atoms with van der Waals surface area (Å²) in [5, 5.41) is 18.9. The Balaban J connectivity index is 2.68. The van der Waals surface area contributed by atoms with Crippen molar-refractivity contribution >= 4 is 18.4 Å². The molecule has 0 bridgehead atoms. The van der Waals surface area contributed by atoms with Gasteiger partial charge in [0.15, 0.2) is 0 Å². The van der Waals surface area contributed by atoms with E-state index in [0.717, 1.165) is 18.4 Å². The lowest BCUT2D eigenvalue weighted by Gasteiger charge is -2.11. The van der Waals surface area contributed by atoms with Crippen LogP contribution in [0.5, 0.6) is 0 Å². The minimum Gasteiger partial charge on any atom is -0.383 e. The molecule has 5 heteroatoms. The molecule has 2 aromatic rings. The largest absolute Gasteiger partial charge is 0.383 e. The average Bonchev–Trinajstić information content (AvgIpc) is 2.48. The first-order valence-corrected chi connectivity index (χ1v) is 6.99. The summed E-state index contributed by atoms with van der Waals surface area (Å²) in [5.41, 5.74) is 8.75. The standard InChI is InChI=1S/C16H14N4S/c1-2-3-10-4-6-11(7-5-10)14-12(8-17)15(19)20-16(21)13(14)9-18/h4-7H,2-3H2,1H3,(H3,19,20,21). The topological polar surface area (TPSA) is 86.5 Å². The first-order valence-electron chi connectivity index (χ1n) is 6.54. The predicted molar refractivity (Wildman–Crippen MR) is 84.8 cm³/mol. The second-order valence-electron chi connectivity index (χ2n) is 4.62. The minimum absolute atomic E-state index is 0.0918. The molecule has 0 saturated carbocycles. The van der Waals surface area contributed by atoms with Crippen LogP contribution in [0.1, 0.15) is 30.0 Å². The van der Waals surface area contributed by atoms with Gasteiger partial charge in [-0.2, -0.15) is 10.5 Å². The van der Waals surface area contributed by atoms with E-state index in [1.807, 2.05) is 30.3 Å². The molecule has 4 nitrogen and oxygen atoms in total. The van der Waals surface area contributed by atoms with Gasteiger partial charge in [0.25, 0.3) is 0 Å². The summed E-state index contributed by atoms with van der Waals surface area (Å²) in [7, 11) is 0. The summed E-state index contributed by atoms with van der Waals surface area (Å²) in [6.45, 7) is 2.12. The van der Waals surface area contributed by atoms with Gasteiger partial charge in [-0.05, 0) is 17.5 Å². The first-order chi connectivity index (χ1) is 10.1. The van der Waals surface area contributed by atoms with Gasteiger partial charge >= 0.3 is 0 Å². The predicted octanol–water partition coefficient (Wildman–Crippen LogP) is 3.32. The van der Waals surface area contributed by atoms with E-state index in [4.69, 9.17) is 5.73 Å². The molecule has 2 N–H and O–H groups in total. The van der Waals surface area contributed by atoms with Crippen LogP contribution in [0.2, 0.25) is 0 Å². The molecule has 0 unspecified atom stereocenters. The van der Waals surface area contributed by atoms with Gasteiger partial charge in [0.1, 0.15) is 28.5 Å². The van der Waals surface area contributed by atoms with Crippen molar-refractivity contribution in [3.05, 3.63) is 41.0 Å². The molecule has 0 aliphatic rings. The fourth-order valence-corrected chi connectivity index (χ4v) is 2.49. The summed E-state index contributed by atoms with van der Waals surface area (Å²) in [6, 6.07) is 11.9. The average molecular weight is 294 g/mol. The van der Waals surface area contributed by atoms with E-state index in [1.54, 1.807) is 0 Å². The number of nitriles is 2. The number of hydrogen-bond donors (Lipinski definition) is 2. The molecule has 2 rings (SSSR count). The van der Waals surface area contributed by atoms with Crippen molar-refractivity contribution in [3.63, 3.8) is 0 Å². The molecule has 1 heterocycles. The van der Waals surface area contributed by atoms with Crippen molar-refractivity contribution in [1.82, 2.24) is 4.98 Å². The van der Waals surface area contributed by atoms with Gasteiger partial charge < -0.3 is 5.73 Å². The lowest BCUT2D eigenvalue weighted by atomic mass is 9.95. The Bertz CT molecular complexity index is 714. The second kappa shape index (κ2) is 6.30. The van der Waals surface area contributed by atoms with Crippen LogP contribution in [-0.2, 0) is 6.42 Å². The third kappa shape index (κ3) is 2.84. The number of benzene rings is 1. The quantitative estimate of drug-likeness (QED) is 0.850. The van der Waals surface area contributed by atoms with E-state index in [1.165, 1.54) is 5.56 Å². The monoisotopic (exact) mass is 294 g/mol. The van der Waals surface area contributed by atoms with E-state index in [-0.39, 0.29) is 22.0 Å². The van der Waals surface area contributed by atoms with E-state index < -0.39 is 0 Å². The molecule has 0 radical (unpaired) electrons. The molecule has 21 heavy (non-hydrogen) atoms. The number of nitrogen functional groups attached to an aromatic ring is 1. The summed E-state index contributed by atoms with van der Waals surface area (Å²) < 4.78 is 0. The zero-order valence-corrected chi connectivity index (χ0v) is 12.5. The van der Waals surface area contributed by atoms with Gasteiger partial charge in [0, 0.05) is 5.56 Å². The molecule has 0 fully saturated rings.